The number of aryl methyl sites for hydroxylation is 1. The van der Waals surface area contributed by atoms with E-state index >= 15 is 0 Å². The minimum Gasteiger partial charge on any atom is -0.378 e. The summed E-state index contributed by atoms with van der Waals surface area (Å²) >= 11 is 0. The maximum absolute atomic E-state index is 11.0. The van der Waals surface area contributed by atoms with Crippen LogP contribution in [0, 0.1) is 23.0 Å². The van der Waals surface area contributed by atoms with Crippen molar-refractivity contribution in [3.63, 3.8) is 0 Å². The van der Waals surface area contributed by atoms with Gasteiger partial charge in [-0.05, 0) is 25.3 Å². The maximum Gasteiger partial charge on any atom is 0.311 e. The first-order chi connectivity index (χ1) is 9.11. The van der Waals surface area contributed by atoms with Crippen molar-refractivity contribution < 1.29 is 9.66 Å². The molecule has 0 radical (unpaired) electrons. The molecule has 2 unspecified atom stereocenters. The fourth-order valence-corrected chi connectivity index (χ4v) is 2.43. The van der Waals surface area contributed by atoms with Gasteiger partial charge < -0.3 is 10.1 Å². The molecule has 1 aliphatic heterocycles. The summed E-state index contributed by atoms with van der Waals surface area (Å²) in [5, 5.41) is 14.1. The Morgan fingerprint density at radius 3 is 3.11 bits per heavy atom. The van der Waals surface area contributed by atoms with Gasteiger partial charge in [0.15, 0.2) is 0 Å². The Balaban J connectivity index is 2.05. The van der Waals surface area contributed by atoms with Gasteiger partial charge in [-0.25, -0.2) is 4.98 Å². The van der Waals surface area contributed by atoms with Crippen molar-refractivity contribution in [2.45, 2.75) is 32.8 Å². The van der Waals surface area contributed by atoms with Crippen LogP contribution in [0.2, 0.25) is 0 Å². The number of aromatic nitrogens is 1. The predicted octanol–water partition coefficient (Wildman–Crippen LogP) is 2.53. The fraction of sp³-hybridized carbons (Fsp3) is 0.615. The SMILES string of the molecule is CCC1OCCC1CNc1ncc(C)cc1[N+](=O)[O-]. The van der Waals surface area contributed by atoms with Gasteiger partial charge in [0.25, 0.3) is 0 Å². The van der Waals surface area contributed by atoms with Crippen LogP contribution in [0.1, 0.15) is 25.3 Å². The van der Waals surface area contributed by atoms with Crippen molar-refractivity contribution >= 4 is 11.5 Å². The zero-order chi connectivity index (χ0) is 13.8. The van der Waals surface area contributed by atoms with Gasteiger partial charge in [0.2, 0.25) is 5.82 Å². The third-order valence-electron chi connectivity index (χ3n) is 3.48. The summed E-state index contributed by atoms with van der Waals surface area (Å²) in [6.45, 7) is 5.32. The molecule has 1 fully saturated rings. The molecule has 2 atom stereocenters. The van der Waals surface area contributed by atoms with Crippen LogP contribution in [0.25, 0.3) is 0 Å². The molecule has 6 heteroatoms. The lowest BCUT2D eigenvalue weighted by Crippen LogP contribution is -2.23. The Kier molecular flexibility index (Phi) is 4.31. The van der Waals surface area contributed by atoms with Crippen molar-refractivity contribution in [1.29, 1.82) is 0 Å². The van der Waals surface area contributed by atoms with E-state index in [0.717, 1.165) is 25.0 Å². The van der Waals surface area contributed by atoms with Crippen LogP contribution in [0.3, 0.4) is 0 Å². The van der Waals surface area contributed by atoms with E-state index in [9.17, 15) is 10.1 Å². The molecule has 0 spiro atoms. The average Bonchev–Trinajstić information content (AvgIpc) is 2.84. The molecule has 0 bridgehead atoms. The van der Waals surface area contributed by atoms with Gasteiger partial charge in [-0.3, -0.25) is 10.1 Å². The second-order valence-corrected chi connectivity index (χ2v) is 4.88. The lowest BCUT2D eigenvalue weighted by atomic mass is 10.00. The quantitative estimate of drug-likeness (QED) is 0.654. The lowest BCUT2D eigenvalue weighted by Gasteiger charge is -2.17. The van der Waals surface area contributed by atoms with E-state index in [0.29, 0.717) is 18.3 Å². The van der Waals surface area contributed by atoms with Gasteiger partial charge in [0, 0.05) is 31.3 Å². The van der Waals surface area contributed by atoms with E-state index < -0.39 is 4.92 Å². The van der Waals surface area contributed by atoms with E-state index in [1.165, 1.54) is 6.07 Å². The minimum absolute atomic E-state index is 0.0342. The molecule has 2 rings (SSSR count). The van der Waals surface area contributed by atoms with Crippen molar-refractivity contribution in [3.05, 3.63) is 27.9 Å². The van der Waals surface area contributed by atoms with Crippen LogP contribution < -0.4 is 5.32 Å². The number of hydrogen-bond acceptors (Lipinski definition) is 5. The molecule has 19 heavy (non-hydrogen) atoms. The van der Waals surface area contributed by atoms with Crippen molar-refractivity contribution in [3.8, 4) is 0 Å². The second kappa shape index (κ2) is 5.97. The van der Waals surface area contributed by atoms with Crippen LogP contribution in [0.15, 0.2) is 12.3 Å². The number of rotatable bonds is 5. The summed E-state index contributed by atoms with van der Waals surface area (Å²) in [5.74, 6) is 0.741. The smallest absolute Gasteiger partial charge is 0.311 e. The van der Waals surface area contributed by atoms with Gasteiger partial charge in [-0.2, -0.15) is 0 Å². The molecule has 104 valence electrons. The standard InChI is InChI=1S/C13H19N3O3/c1-3-12-10(4-5-19-12)8-15-13-11(16(17)18)6-9(2)7-14-13/h6-7,10,12H,3-5,8H2,1-2H3,(H,14,15). The average molecular weight is 265 g/mol. The zero-order valence-electron chi connectivity index (χ0n) is 11.3. The summed E-state index contributed by atoms with van der Waals surface area (Å²) in [5.41, 5.74) is 0.819. The van der Waals surface area contributed by atoms with Gasteiger partial charge >= 0.3 is 5.69 Å². The maximum atomic E-state index is 11.0. The summed E-state index contributed by atoms with van der Waals surface area (Å²) in [7, 11) is 0. The molecule has 2 heterocycles. The molecule has 0 saturated carbocycles. The predicted molar refractivity (Wildman–Crippen MR) is 72.3 cm³/mol. The number of nitrogens with one attached hydrogen (secondary N) is 1. The summed E-state index contributed by atoms with van der Waals surface area (Å²) in [6.07, 6.45) is 3.84. The van der Waals surface area contributed by atoms with Crippen LogP contribution in [-0.2, 0) is 4.74 Å². The number of anilines is 1. The molecule has 1 N–H and O–H groups in total. The largest absolute Gasteiger partial charge is 0.378 e. The van der Waals surface area contributed by atoms with E-state index in [-0.39, 0.29) is 11.8 Å². The first-order valence-electron chi connectivity index (χ1n) is 6.58. The third kappa shape index (κ3) is 3.20. The minimum atomic E-state index is -0.398. The summed E-state index contributed by atoms with van der Waals surface area (Å²) in [4.78, 5) is 14.7. The second-order valence-electron chi connectivity index (χ2n) is 4.88. The van der Waals surface area contributed by atoms with E-state index in [1.54, 1.807) is 13.1 Å². The highest BCUT2D eigenvalue weighted by Gasteiger charge is 2.27. The van der Waals surface area contributed by atoms with E-state index in [1.807, 2.05) is 0 Å². The third-order valence-corrected chi connectivity index (χ3v) is 3.48. The first kappa shape index (κ1) is 13.7. The highest BCUT2D eigenvalue weighted by molar-refractivity contribution is 5.56. The monoisotopic (exact) mass is 265 g/mol. The van der Waals surface area contributed by atoms with Gasteiger partial charge in [-0.15, -0.1) is 0 Å². The molecular formula is C13H19N3O3. The Bertz CT molecular complexity index is 464. The highest BCUT2D eigenvalue weighted by atomic mass is 16.6. The zero-order valence-corrected chi connectivity index (χ0v) is 11.3. The van der Waals surface area contributed by atoms with Crippen LogP contribution in [-0.4, -0.2) is 29.2 Å². The van der Waals surface area contributed by atoms with Gasteiger partial charge in [0.1, 0.15) is 0 Å². The number of ether oxygens (including phenoxy) is 1. The van der Waals surface area contributed by atoms with E-state index in [4.69, 9.17) is 4.74 Å². The van der Waals surface area contributed by atoms with Crippen LogP contribution >= 0.6 is 0 Å². The molecule has 1 aliphatic rings. The van der Waals surface area contributed by atoms with Gasteiger partial charge in [0.05, 0.1) is 11.0 Å². The molecule has 1 saturated heterocycles. The molecule has 0 aromatic carbocycles. The molecule has 1 aromatic rings. The highest BCUT2D eigenvalue weighted by Crippen LogP contribution is 2.26. The van der Waals surface area contributed by atoms with Crippen LogP contribution in [0.4, 0.5) is 11.5 Å². The van der Waals surface area contributed by atoms with Gasteiger partial charge in [-0.1, -0.05) is 6.92 Å². The molecule has 0 aliphatic carbocycles. The Morgan fingerprint density at radius 2 is 2.42 bits per heavy atom. The van der Waals surface area contributed by atoms with Crippen molar-refractivity contribution in [1.82, 2.24) is 4.98 Å². The molecule has 0 amide bonds. The number of pyridine rings is 1. The Morgan fingerprint density at radius 1 is 1.63 bits per heavy atom. The fourth-order valence-electron chi connectivity index (χ4n) is 2.43. The van der Waals surface area contributed by atoms with Crippen molar-refractivity contribution in [2.24, 2.45) is 5.92 Å². The number of hydrogen-bond donors (Lipinski definition) is 1. The number of nitro groups is 1. The van der Waals surface area contributed by atoms with Crippen molar-refractivity contribution in [2.75, 3.05) is 18.5 Å². The normalized spacial score (nSPS) is 22.4. The van der Waals surface area contributed by atoms with Crippen LogP contribution in [0.5, 0.6) is 0 Å². The summed E-state index contributed by atoms with van der Waals surface area (Å²) in [6, 6.07) is 1.54. The summed E-state index contributed by atoms with van der Waals surface area (Å²) < 4.78 is 5.61. The Labute approximate surface area is 112 Å². The lowest BCUT2D eigenvalue weighted by molar-refractivity contribution is -0.384. The first-order valence-corrected chi connectivity index (χ1v) is 6.58. The number of nitrogens with zero attached hydrogens (tertiary/aromatic N) is 2. The topological polar surface area (TPSA) is 77.3 Å². The molecule has 1 aromatic heterocycles. The molecule has 6 nitrogen and oxygen atoms in total. The molecular weight excluding hydrogens is 246 g/mol. The Hall–Kier alpha value is -1.69. The van der Waals surface area contributed by atoms with E-state index in [2.05, 4.69) is 17.2 Å².